The molecule has 1 amide bonds. The molecule has 0 aliphatic heterocycles. The van der Waals surface area contributed by atoms with E-state index >= 15 is 0 Å². The van der Waals surface area contributed by atoms with Gasteiger partial charge in [-0.3, -0.25) is 4.79 Å². The lowest BCUT2D eigenvalue weighted by Gasteiger charge is -2.01. The Balaban J connectivity index is 2.51. The largest absolute Gasteiger partial charge is 0.478 e. The van der Waals surface area contributed by atoms with Crippen molar-refractivity contribution in [1.29, 1.82) is 0 Å². The third-order valence-corrected chi connectivity index (χ3v) is 3.69. The highest BCUT2D eigenvalue weighted by Crippen LogP contribution is 2.15. The summed E-state index contributed by atoms with van der Waals surface area (Å²) in [6.07, 6.45) is 3.46. The second-order valence-corrected chi connectivity index (χ2v) is 7.00. The van der Waals surface area contributed by atoms with E-state index in [1.165, 1.54) is 17.4 Å². The van der Waals surface area contributed by atoms with E-state index in [-0.39, 0.29) is 6.54 Å². The molecule has 0 unspecified atom stereocenters. The van der Waals surface area contributed by atoms with Crippen LogP contribution in [0.2, 0.25) is 0 Å². The molecule has 1 heterocycles. The van der Waals surface area contributed by atoms with Crippen molar-refractivity contribution >= 4 is 39.1 Å². The van der Waals surface area contributed by atoms with Gasteiger partial charge in [0.05, 0.1) is 6.54 Å². The molecule has 2 N–H and O–H groups in total. The number of carboxylic acid groups (broad SMARTS) is 1. The van der Waals surface area contributed by atoms with Crippen LogP contribution in [0.3, 0.4) is 0 Å². The molecule has 1 aromatic heterocycles. The quantitative estimate of drug-likeness (QED) is 0.746. The molecule has 104 valence electrons. The second kappa shape index (κ2) is 6.48. The Morgan fingerprint density at radius 1 is 1.47 bits per heavy atom. The SMILES string of the molecule is CS(=O)(=O)CC(=O)NCc1cc(C=CC(=O)O)cs1. The summed E-state index contributed by atoms with van der Waals surface area (Å²) in [7, 11) is -3.33. The van der Waals surface area contributed by atoms with Gasteiger partial charge in [-0.1, -0.05) is 0 Å². The maximum Gasteiger partial charge on any atom is 0.328 e. The van der Waals surface area contributed by atoms with Crippen LogP contribution in [0.1, 0.15) is 10.4 Å². The van der Waals surface area contributed by atoms with Gasteiger partial charge in [-0.2, -0.15) is 0 Å². The number of sulfone groups is 1. The van der Waals surface area contributed by atoms with Crippen molar-refractivity contribution in [2.45, 2.75) is 6.54 Å². The zero-order chi connectivity index (χ0) is 14.5. The fraction of sp³-hybridized carbons (Fsp3) is 0.273. The van der Waals surface area contributed by atoms with Gasteiger partial charge in [0.15, 0.2) is 9.84 Å². The maximum absolute atomic E-state index is 11.3. The summed E-state index contributed by atoms with van der Waals surface area (Å²) < 4.78 is 21.8. The van der Waals surface area contributed by atoms with E-state index in [4.69, 9.17) is 5.11 Å². The topological polar surface area (TPSA) is 101 Å². The van der Waals surface area contributed by atoms with Gasteiger partial charge in [0.25, 0.3) is 0 Å². The molecule has 0 radical (unpaired) electrons. The Morgan fingerprint density at radius 2 is 2.16 bits per heavy atom. The number of thiophene rings is 1. The molecular weight excluding hydrogens is 290 g/mol. The van der Waals surface area contributed by atoms with E-state index in [0.717, 1.165) is 22.8 Å². The maximum atomic E-state index is 11.3. The van der Waals surface area contributed by atoms with Crippen LogP contribution in [0.15, 0.2) is 17.5 Å². The summed E-state index contributed by atoms with van der Waals surface area (Å²) in [6.45, 7) is 0.222. The first kappa shape index (κ1) is 15.4. The normalized spacial score (nSPS) is 11.6. The number of carbonyl (C=O) groups is 2. The smallest absolute Gasteiger partial charge is 0.328 e. The van der Waals surface area contributed by atoms with Crippen LogP contribution in [-0.4, -0.2) is 37.4 Å². The average molecular weight is 303 g/mol. The summed E-state index contributed by atoms with van der Waals surface area (Å²) in [6, 6.07) is 1.73. The van der Waals surface area contributed by atoms with Crippen molar-refractivity contribution in [2.24, 2.45) is 0 Å². The number of hydrogen-bond donors (Lipinski definition) is 2. The molecule has 6 nitrogen and oxygen atoms in total. The Morgan fingerprint density at radius 3 is 2.74 bits per heavy atom. The molecule has 1 rings (SSSR count). The van der Waals surface area contributed by atoms with Crippen molar-refractivity contribution in [2.75, 3.05) is 12.0 Å². The number of nitrogens with one attached hydrogen (secondary N) is 1. The fourth-order valence-electron chi connectivity index (χ4n) is 1.22. The Hall–Kier alpha value is -1.67. The van der Waals surface area contributed by atoms with Crippen molar-refractivity contribution in [1.82, 2.24) is 5.32 Å². The first-order valence-corrected chi connectivity index (χ1v) is 8.13. The summed E-state index contributed by atoms with van der Waals surface area (Å²) in [4.78, 5) is 22.4. The van der Waals surface area contributed by atoms with E-state index in [0.29, 0.717) is 0 Å². The van der Waals surface area contributed by atoms with Crippen molar-refractivity contribution in [3.63, 3.8) is 0 Å². The van der Waals surface area contributed by atoms with Gasteiger partial charge in [-0.25, -0.2) is 13.2 Å². The Kier molecular flexibility index (Phi) is 5.25. The highest BCUT2D eigenvalue weighted by Gasteiger charge is 2.10. The second-order valence-electron chi connectivity index (χ2n) is 3.86. The van der Waals surface area contributed by atoms with E-state index in [9.17, 15) is 18.0 Å². The molecule has 0 saturated heterocycles. The molecule has 0 bridgehead atoms. The molecule has 8 heteroatoms. The van der Waals surface area contributed by atoms with Gasteiger partial charge in [0, 0.05) is 17.2 Å². The monoisotopic (exact) mass is 303 g/mol. The third-order valence-electron chi connectivity index (χ3n) is 1.95. The number of rotatable bonds is 6. The minimum Gasteiger partial charge on any atom is -0.478 e. The lowest BCUT2D eigenvalue weighted by molar-refractivity contribution is -0.131. The standard InChI is InChI=1S/C11H13NO5S2/c1-19(16,17)7-10(13)12-5-9-4-8(6-18-9)2-3-11(14)15/h2-4,6H,5,7H2,1H3,(H,12,13)(H,14,15). The number of carboxylic acids is 1. The van der Waals surface area contributed by atoms with Gasteiger partial charge in [-0.15, -0.1) is 11.3 Å². The Bertz CT molecular complexity index is 600. The summed E-state index contributed by atoms with van der Waals surface area (Å²) >= 11 is 1.35. The molecule has 0 aliphatic rings. The highest BCUT2D eigenvalue weighted by atomic mass is 32.2. The molecular formula is C11H13NO5S2. The first-order valence-electron chi connectivity index (χ1n) is 5.19. The summed E-state index contributed by atoms with van der Waals surface area (Å²) in [5.74, 6) is -2.13. The lowest BCUT2D eigenvalue weighted by Crippen LogP contribution is -2.29. The fourth-order valence-corrected chi connectivity index (χ4v) is 2.59. The van der Waals surface area contributed by atoms with Crippen LogP contribution >= 0.6 is 11.3 Å². The van der Waals surface area contributed by atoms with Crippen molar-refractivity contribution in [3.8, 4) is 0 Å². The molecule has 0 aliphatic carbocycles. The zero-order valence-corrected chi connectivity index (χ0v) is 11.8. The van der Waals surface area contributed by atoms with Crippen LogP contribution in [0, 0.1) is 0 Å². The minimum absolute atomic E-state index is 0.222. The average Bonchev–Trinajstić information content (AvgIpc) is 2.69. The lowest BCUT2D eigenvalue weighted by atomic mass is 10.3. The Labute approximate surface area is 114 Å². The van der Waals surface area contributed by atoms with E-state index in [1.54, 1.807) is 11.4 Å². The van der Waals surface area contributed by atoms with Crippen LogP contribution in [0.25, 0.3) is 6.08 Å². The van der Waals surface area contributed by atoms with Crippen LogP contribution in [-0.2, 0) is 26.0 Å². The summed E-state index contributed by atoms with van der Waals surface area (Å²) in [5, 5.41) is 12.7. The van der Waals surface area contributed by atoms with E-state index in [1.807, 2.05) is 0 Å². The van der Waals surface area contributed by atoms with Crippen LogP contribution in [0.5, 0.6) is 0 Å². The molecule has 0 atom stereocenters. The van der Waals surface area contributed by atoms with E-state index in [2.05, 4.69) is 5.32 Å². The summed E-state index contributed by atoms with van der Waals surface area (Å²) in [5.41, 5.74) is 0.722. The number of carbonyl (C=O) groups excluding carboxylic acids is 1. The van der Waals surface area contributed by atoms with Crippen LogP contribution in [0.4, 0.5) is 0 Å². The zero-order valence-electron chi connectivity index (χ0n) is 10.1. The third kappa shape index (κ3) is 6.73. The van der Waals surface area contributed by atoms with E-state index < -0.39 is 27.5 Å². The molecule has 0 fully saturated rings. The van der Waals surface area contributed by atoms with Crippen molar-refractivity contribution < 1.29 is 23.1 Å². The molecule has 0 aromatic carbocycles. The van der Waals surface area contributed by atoms with Gasteiger partial charge in [-0.05, 0) is 23.1 Å². The van der Waals surface area contributed by atoms with Gasteiger partial charge < -0.3 is 10.4 Å². The van der Waals surface area contributed by atoms with Crippen LogP contribution < -0.4 is 5.32 Å². The molecule has 19 heavy (non-hydrogen) atoms. The molecule has 1 aromatic rings. The number of amides is 1. The predicted octanol–water partition coefficient (Wildman–Crippen LogP) is 0.507. The molecule has 0 spiro atoms. The molecule has 0 saturated carbocycles. The first-order chi connectivity index (χ1) is 8.76. The predicted molar refractivity (Wildman–Crippen MR) is 72.5 cm³/mol. The van der Waals surface area contributed by atoms with Gasteiger partial charge >= 0.3 is 5.97 Å². The van der Waals surface area contributed by atoms with Crippen molar-refractivity contribution in [3.05, 3.63) is 28.0 Å². The number of aliphatic carboxylic acids is 1. The van der Waals surface area contributed by atoms with Gasteiger partial charge in [0.2, 0.25) is 5.91 Å². The van der Waals surface area contributed by atoms with Gasteiger partial charge in [0.1, 0.15) is 5.75 Å². The highest BCUT2D eigenvalue weighted by molar-refractivity contribution is 7.91. The minimum atomic E-state index is -3.33. The number of hydrogen-bond acceptors (Lipinski definition) is 5.